The third kappa shape index (κ3) is 7.93. The molecule has 0 heterocycles. The van der Waals surface area contributed by atoms with Crippen LogP contribution in [0.2, 0.25) is 0 Å². The Morgan fingerprint density at radius 3 is 2.52 bits per heavy atom. The zero-order valence-electron chi connectivity index (χ0n) is 13.1. The van der Waals surface area contributed by atoms with Crippen LogP contribution in [0.1, 0.15) is 24.8 Å². The summed E-state index contributed by atoms with van der Waals surface area (Å²) in [5, 5.41) is 9.99. The first-order valence-corrected chi connectivity index (χ1v) is 7.43. The summed E-state index contributed by atoms with van der Waals surface area (Å²) >= 11 is 0. The van der Waals surface area contributed by atoms with Gasteiger partial charge in [-0.1, -0.05) is 49.1 Å². The number of allylic oxidation sites excluding steroid dienone is 1. The molecule has 0 radical (unpaired) electrons. The van der Waals surface area contributed by atoms with Gasteiger partial charge in [0.15, 0.2) is 5.78 Å². The molecule has 0 fully saturated rings. The number of rotatable bonds is 10. The molecular weight excluding hydrogens is 292 g/mol. The van der Waals surface area contributed by atoms with Gasteiger partial charge < -0.3 is 9.84 Å². The Kier molecular flexibility index (Phi) is 8.32. The standard InChI is InChI=1S/C19H22O4/c1-3-8-18(23-19(22)4-2)14-17(21)13-16(20)12-11-15-9-6-5-7-10-15/h3-7,9-12,17-18,21H,1-2,8,13-14H2/b12-11+/t17-,18-/m0/s1. The number of ketones is 1. The van der Waals surface area contributed by atoms with Gasteiger partial charge >= 0.3 is 5.97 Å². The first-order chi connectivity index (χ1) is 11.0. The molecule has 0 aromatic heterocycles. The van der Waals surface area contributed by atoms with Crippen molar-refractivity contribution < 1.29 is 19.4 Å². The number of hydrogen-bond acceptors (Lipinski definition) is 4. The van der Waals surface area contributed by atoms with Crippen LogP contribution in [0, 0.1) is 0 Å². The second-order valence-corrected chi connectivity index (χ2v) is 5.09. The van der Waals surface area contributed by atoms with Gasteiger partial charge in [0.25, 0.3) is 0 Å². The van der Waals surface area contributed by atoms with E-state index in [2.05, 4.69) is 13.2 Å². The SMILES string of the molecule is C=CC[C@@H](C[C@@H](O)CC(=O)/C=C/c1ccccc1)OC(=O)C=C. The summed E-state index contributed by atoms with van der Waals surface area (Å²) in [4.78, 5) is 23.1. The lowest BCUT2D eigenvalue weighted by Crippen LogP contribution is -2.24. The molecule has 2 atom stereocenters. The molecule has 0 amide bonds. The second-order valence-electron chi connectivity index (χ2n) is 5.09. The van der Waals surface area contributed by atoms with Crippen LogP contribution in [-0.4, -0.2) is 29.1 Å². The molecule has 0 aliphatic rings. The molecule has 1 aromatic carbocycles. The molecule has 0 saturated heterocycles. The predicted octanol–water partition coefficient (Wildman–Crippen LogP) is 3.08. The highest BCUT2D eigenvalue weighted by Gasteiger charge is 2.18. The molecule has 4 nitrogen and oxygen atoms in total. The molecule has 1 aromatic rings. The van der Waals surface area contributed by atoms with Crippen molar-refractivity contribution in [2.24, 2.45) is 0 Å². The van der Waals surface area contributed by atoms with E-state index >= 15 is 0 Å². The second kappa shape index (κ2) is 10.3. The van der Waals surface area contributed by atoms with E-state index in [1.807, 2.05) is 30.3 Å². The van der Waals surface area contributed by atoms with Crippen molar-refractivity contribution in [1.82, 2.24) is 0 Å². The number of hydrogen-bond donors (Lipinski definition) is 1. The minimum Gasteiger partial charge on any atom is -0.459 e. The van der Waals surface area contributed by atoms with E-state index in [1.165, 1.54) is 6.08 Å². The smallest absolute Gasteiger partial charge is 0.330 e. The molecule has 122 valence electrons. The number of carbonyl (C=O) groups is 2. The summed E-state index contributed by atoms with van der Waals surface area (Å²) in [5.74, 6) is -0.742. The van der Waals surface area contributed by atoms with E-state index in [9.17, 15) is 14.7 Å². The summed E-state index contributed by atoms with van der Waals surface area (Å²) < 4.78 is 5.10. The normalized spacial score (nSPS) is 13.3. The first kappa shape index (κ1) is 18.6. The van der Waals surface area contributed by atoms with Gasteiger partial charge in [0, 0.05) is 25.3 Å². The predicted molar refractivity (Wildman–Crippen MR) is 90.6 cm³/mol. The summed E-state index contributed by atoms with van der Waals surface area (Å²) in [5.41, 5.74) is 0.916. The van der Waals surface area contributed by atoms with Crippen LogP contribution in [0.4, 0.5) is 0 Å². The van der Waals surface area contributed by atoms with Crippen LogP contribution in [0.15, 0.2) is 61.7 Å². The van der Waals surface area contributed by atoms with Gasteiger partial charge in [0.05, 0.1) is 6.10 Å². The van der Waals surface area contributed by atoms with E-state index in [-0.39, 0.29) is 18.6 Å². The fraction of sp³-hybridized carbons (Fsp3) is 0.263. The Morgan fingerprint density at radius 2 is 1.91 bits per heavy atom. The highest BCUT2D eigenvalue weighted by atomic mass is 16.5. The average molecular weight is 314 g/mol. The van der Waals surface area contributed by atoms with Gasteiger partial charge in [0.2, 0.25) is 0 Å². The van der Waals surface area contributed by atoms with Crippen LogP contribution >= 0.6 is 0 Å². The Bertz CT molecular complexity index is 560. The molecule has 1 rings (SSSR count). The van der Waals surface area contributed by atoms with Crippen LogP contribution in [0.25, 0.3) is 6.08 Å². The molecule has 0 spiro atoms. The fourth-order valence-corrected chi connectivity index (χ4v) is 2.03. The van der Waals surface area contributed by atoms with Gasteiger partial charge in [-0.3, -0.25) is 4.79 Å². The summed E-state index contributed by atoms with van der Waals surface area (Å²) in [6.45, 7) is 6.92. The number of esters is 1. The van der Waals surface area contributed by atoms with Gasteiger partial charge in [-0.05, 0) is 11.6 Å². The molecule has 0 unspecified atom stereocenters. The molecular formula is C19H22O4. The maximum Gasteiger partial charge on any atom is 0.330 e. The van der Waals surface area contributed by atoms with E-state index < -0.39 is 18.2 Å². The number of carbonyl (C=O) groups excluding carboxylic acids is 2. The van der Waals surface area contributed by atoms with Crippen molar-refractivity contribution in [1.29, 1.82) is 0 Å². The lowest BCUT2D eigenvalue weighted by atomic mass is 10.0. The topological polar surface area (TPSA) is 63.6 Å². The highest BCUT2D eigenvalue weighted by Crippen LogP contribution is 2.12. The third-order valence-electron chi connectivity index (χ3n) is 3.11. The van der Waals surface area contributed by atoms with Gasteiger partial charge in [0.1, 0.15) is 6.10 Å². The van der Waals surface area contributed by atoms with Gasteiger partial charge in [-0.15, -0.1) is 6.58 Å². The van der Waals surface area contributed by atoms with Crippen LogP contribution < -0.4 is 0 Å². The lowest BCUT2D eigenvalue weighted by Gasteiger charge is -2.18. The Hall–Kier alpha value is -2.46. The number of aliphatic hydroxyl groups excluding tert-OH is 1. The summed E-state index contributed by atoms with van der Waals surface area (Å²) in [7, 11) is 0. The van der Waals surface area contributed by atoms with Crippen LogP contribution in [0.5, 0.6) is 0 Å². The van der Waals surface area contributed by atoms with Crippen molar-refractivity contribution in [3.05, 3.63) is 67.3 Å². The van der Waals surface area contributed by atoms with E-state index in [1.54, 1.807) is 12.2 Å². The maximum atomic E-state index is 11.9. The molecule has 4 heteroatoms. The third-order valence-corrected chi connectivity index (χ3v) is 3.11. The summed E-state index contributed by atoms with van der Waals surface area (Å²) in [6, 6.07) is 9.43. The fourth-order valence-electron chi connectivity index (χ4n) is 2.03. The zero-order valence-corrected chi connectivity index (χ0v) is 13.1. The van der Waals surface area contributed by atoms with Crippen LogP contribution in [0.3, 0.4) is 0 Å². The lowest BCUT2D eigenvalue weighted by molar-refractivity contribution is -0.144. The van der Waals surface area contributed by atoms with Gasteiger partial charge in [-0.2, -0.15) is 0 Å². The van der Waals surface area contributed by atoms with Crippen molar-refractivity contribution >= 4 is 17.8 Å². The molecule has 23 heavy (non-hydrogen) atoms. The minimum absolute atomic E-state index is 0.0252. The largest absolute Gasteiger partial charge is 0.459 e. The van der Waals surface area contributed by atoms with Crippen LogP contribution in [-0.2, 0) is 14.3 Å². The monoisotopic (exact) mass is 314 g/mol. The first-order valence-electron chi connectivity index (χ1n) is 7.43. The Labute approximate surface area is 136 Å². The number of benzene rings is 1. The van der Waals surface area contributed by atoms with Crippen molar-refractivity contribution in [2.45, 2.75) is 31.5 Å². The van der Waals surface area contributed by atoms with Crippen molar-refractivity contribution in [3.8, 4) is 0 Å². The average Bonchev–Trinajstić information content (AvgIpc) is 2.53. The minimum atomic E-state index is -0.884. The molecule has 0 saturated carbocycles. The number of aliphatic hydroxyl groups is 1. The molecule has 1 N–H and O–H groups in total. The number of ether oxygens (including phenoxy) is 1. The Balaban J connectivity index is 2.49. The Morgan fingerprint density at radius 1 is 1.22 bits per heavy atom. The highest BCUT2D eigenvalue weighted by molar-refractivity contribution is 5.93. The molecule has 0 aliphatic heterocycles. The van der Waals surface area contributed by atoms with Crippen molar-refractivity contribution in [3.63, 3.8) is 0 Å². The van der Waals surface area contributed by atoms with E-state index in [0.29, 0.717) is 6.42 Å². The van der Waals surface area contributed by atoms with E-state index in [4.69, 9.17) is 4.74 Å². The molecule has 0 bridgehead atoms. The van der Waals surface area contributed by atoms with Crippen molar-refractivity contribution in [2.75, 3.05) is 0 Å². The van der Waals surface area contributed by atoms with E-state index in [0.717, 1.165) is 11.6 Å². The van der Waals surface area contributed by atoms with Gasteiger partial charge in [-0.25, -0.2) is 4.79 Å². The molecule has 0 aliphatic carbocycles. The quantitative estimate of drug-likeness (QED) is 0.409. The zero-order chi connectivity index (χ0) is 17.1. The summed E-state index contributed by atoms with van der Waals surface area (Å²) in [6.07, 6.45) is 4.97. The maximum absolute atomic E-state index is 11.9.